The van der Waals surface area contributed by atoms with Crippen LogP contribution in [0.3, 0.4) is 0 Å². The number of carbonyl (C=O) groups is 3. The standard InChI is InChI=1S/C14H17N3O3/c1-7(2)9(6-15)13(19)17-12(18)8-4-3-5-10(16)11(8)14(17)20/h3-5,7,9H,6,15-16H2,1-2H3. The summed E-state index contributed by atoms with van der Waals surface area (Å²) in [5.74, 6) is -2.48. The molecule has 20 heavy (non-hydrogen) atoms. The molecule has 6 nitrogen and oxygen atoms in total. The van der Waals surface area contributed by atoms with Gasteiger partial charge in [0.15, 0.2) is 0 Å². The summed E-state index contributed by atoms with van der Waals surface area (Å²) in [5, 5.41) is 0. The predicted octanol–water partition coefficient (Wildman–Crippen LogP) is 0.622. The van der Waals surface area contributed by atoms with Crippen LogP contribution < -0.4 is 11.5 Å². The van der Waals surface area contributed by atoms with Crippen molar-refractivity contribution in [2.45, 2.75) is 13.8 Å². The van der Waals surface area contributed by atoms with E-state index in [1.807, 2.05) is 13.8 Å². The molecule has 2 rings (SSSR count). The summed E-state index contributed by atoms with van der Waals surface area (Å²) in [4.78, 5) is 37.6. The molecule has 1 atom stereocenters. The average Bonchev–Trinajstić information content (AvgIpc) is 2.63. The summed E-state index contributed by atoms with van der Waals surface area (Å²) in [7, 11) is 0. The number of hydrogen-bond acceptors (Lipinski definition) is 5. The van der Waals surface area contributed by atoms with Crippen molar-refractivity contribution in [3.63, 3.8) is 0 Å². The third-order valence-electron chi connectivity index (χ3n) is 3.54. The molecule has 0 saturated carbocycles. The zero-order valence-electron chi connectivity index (χ0n) is 11.4. The molecule has 1 aromatic carbocycles. The van der Waals surface area contributed by atoms with Crippen molar-refractivity contribution < 1.29 is 14.4 Å². The zero-order valence-corrected chi connectivity index (χ0v) is 11.4. The van der Waals surface area contributed by atoms with Gasteiger partial charge in [-0.2, -0.15) is 0 Å². The van der Waals surface area contributed by atoms with E-state index in [0.717, 1.165) is 0 Å². The number of carbonyl (C=O) groups excluding carboxylic acids is 3. The lowest BCUT2D eigenvalue weighted by atomic mass is 9.94. The van der Waals surface area contributed by atoms with Gasteiger partial charge in [0, 0.05) is 12.2 Å². The Hall–Kier alpha value is -2.21. The molecule has 0 fully saturated rings. The van der Waals surface area contributed by atoms with Crippen molar-refractivity contribution in [3.8, 4) is 0 Å². The second-order valence-corrected chi connectivity index (χ2v) is 5.14. The van der Waals surface area contributed by atoms with Crippen molar-refractivity contribution >= 4 is 23.4 Å². The highest BCUT2D eigenvalue weighted by molar-refractivity contribution is 6.30. The number of nitrogen functional groups attached to an aromatic ring is 1. The van der Waals surface area contributed by atoms with E-state index < -0.39 is 23.6 Å². The molecule has 0 saturated heterocycles. The molecule has 0 aliphatic carbocycles. The van der Waals surface area contributed by atoms with E-state index in [0.29, 0.717) is 4.90 Å². The van der Waals surface area contributed by atoms with Gasteiger partial charge in [-0.3, -0.25) is 14.4 Å². The van der Waals surface area contributed by atoms with Gasteiger partial charge >= 0.3 is 0 Å². The minimum atomic E-state index is -0.660. The van der Waals surface area contributed by atoms with E-state index in [2.05, 4.69) is 0 Å². The number of hydrogen-bond donors (Lipinski definition) is 2. The Morgan fingerprint density at radius 1 is 1.25 bits per heavy atom. The van der Waals surface area contributed by atoms with Gasteiger partial charge in [-0.1, -0.05) is 19.9 Å². The normalized spacial score (nSPS) is 15.7. The molecule has 0 aromatic heterocycles. The summed E-state index contributed by atoms with van der Waals surface area (Å²) in [6.45, 7) is 3.73. The molecule has 0 radical (unpaired) electrons. The predicted molar refractivity (Wildman–Crippen MR) is 73.7 cm³/mol. The minimum Gasteiger partial charge on any atom is -0.398 e. The highest BCUT2D eigenvalue weighted by Crippen LogP contribution is 2.29. The van der Waals surface area contributed by atoms with Crippen molar-refractivity contribution in [2.75, 3.05) is 12.3 Å². The number of anilines is 1. The van der Waals surface area contributed by atoms with Gasteiger partial charge in [0.1, 0.15) is 0 Å². The molecule has 1 unspecified atom stereocenters. The third-order valence-corrected chi connectivity index (χ3v) is 3.54. The molecule has 4 N–H and O–H groups in total. The van der Waals surface area contributed by atoms with Crippen LogP contribution in [0.5, 0.6) is 0 Å². The van der Waals surface area contributed by atoms with Crippen LogP contribution in [-0.2, 0) is 4.79 Å². The fourth-order valence-electron chi connectivity index (χ4n) is 2.34. The molecule has 6 heteroatoms. The van der Waals surface area contributed by atoms with Gasteiger partial charge in [0.25, 0.3) is 11.8 Å². The smallest absolute Gasteiger partial charge is 0.270 e. The van der Waals surface area contributed by atoms with Gasteiger partial charge in [0.2, 0.25) is 5.91 Å². The largest absolute Gasteiger partial charge is 0.398 e. The summed E-state index contributed by atoms with van der Waals surface area (Å²) < 4.78 is 0. The van der Waals surface area contributed by atoms with E-state index in [1.165, 1.54) is 12.1 Å². The molecule has 1 aliphatic heterocycles. The van der Waals surface area contributed by atoms with Crippen LogP contribution in [0.4, 0.5) is 5.69 Å². The van der Waals surface area contributed by atoms with E-state index in [-0.39, 0.29) is 29.3 Å². The summed E-state index contributed by atoms with van der Waals surface area (Å²) in [6.07, 6.45) is 0. The number of benzene rings is 1. The lowest BCUT2D eigenvalue weighted by Gasteiger charge is -2.22. The maximum atomic E-state index is 12.4. The molecule has 1 aromatic rings. The second-order valence-electron chi connectivity index (χ2n) is 5.14. The highest BCUT2D eigenvalue weighted by Gasteiger charge is 2.43. The van der Waals surface area contributed by atoms with Crippen LogP contribution in [0.1, 0.15) is 34.6 Å². The lowest BCUT2D eigenvalue weighted by molar-refractivity contribution is -0.131. The quantitative estimate of drug-likeness (QED) is 0.621. The van der Waals surface area contributed by atoms with E-state index in [4.69, 9.17) is 11.5 Å². The molecule has 0 spiro atoms. The third kappa shape index (κ3) is 1.98. The van der Waals surface area contributed by atoms with Gasteiger partial charge in [-0.25, -0.2) is 4.90 Å². The van der Waals surface area contributed by atoms with Crippen molar-refractivity contribution in [1.82, 2.24) is 4.90 Å². The Bertz CT molecular complexity index is 595. The lowest BCUT2D eigenvalue weighted by Crippen LogP contribution is -2.44. The molecule has 3 amide bonds. The fourth-order valence-corrected chi connectivity index (χ4v) is 2.34. The maximum absolute atomic E-state index is 12.4. The van der Waals surface area contributed by atoms with Crippen LogP contribution in [-0.4, -0.2) is 29.2 Å². The van der Waals surface area contributed by atoms with Crippen molar-refractivity contribution in [1.29, 1.82) is 0 Å². The second kappa shape index (κ2) is 5.05. The van der Waals surface area contributed by atoms with E-state index in [1.54, 1.807) is 6.07 Å². The summed E-state index contributed by atoms with van der Waals surface area (Å²) in [5.41, 5.74) is 11.8. The molecule has 1 heterocycles. The summed E-state index contributed by atoms with van der Waals surface area (Å²) in [6, 6.07) is 4.60. The topological polar surface area (TPSA) is 106 Å². The number of nitrogens with two attached hydrogens (primary N) is 2. The number of rotatable bonds is 3. The zero-order chi connectivity index (χ0) is 15.0. The first-order valence-corrected chi connectivity index (χ1v) is 6.41. The first-order valence-electron chi connectivity index (χ1n) is 6.41. The average molecular weight is 275 g/mol. The highest BCUT2D eigenvalue weighted by atomic mass is 16.2. The van der Waals surface area contributed by atoms with Crippen LogP contribution in [0, 0.1) is 11.8 Å². The first-order chi connectivity index (χ1) is 9.40. The minimum absolute atomic E-state index is 0.0610. The molecular weight excluding hydrogens is 258 g/mol. The van der Waals surface area contributed by atoms with Gasteiger partial charge in [-0.05, 0) is 18.1 Å². The Balaban J connectivity index is 2.43. The van der Waals surface area contributed by atoms with Crippen molar-refractivity contribution in [3.05, 3.63) is 29.3 Å². The van der Waals surface area contributed by atoms with Crippen molar-refractivity contribution in [2.24, 2.45) is 17.6 Å². The summed E-state index contributed by atoms with van der Waals surface area (Å²) >= 11 is 0. The van der Waals surface area contributed by atoms with E-state index in [9.17, 15) is 14.4 Å². The van der Waals surface area contributed by atoms with Gasteiger partial charge in [-0.15, -0.1) is 0 Å². The first kappa shape index (κ1) is 14.2. The SMILES string of the molecule is CC(C)C(CN)C(=O)N1C(=O)c2cccc(N)c2C1=O. The van der Waals surface area contributed by atoms with E-state index >= 15 is 0 Å². The monoisotopic (exact) mass is 275 g/mol. The Kier molecular flexibility index (Phi) is 3.59. The maximum Gasteiger partial charge on any atom is 0.270 e. The Labute approximate surface area is 116 Å². The number of imide groups is 3. The number of nitrogens with zero attached hydrogens (tertiary/aromatic N) is 1. The number of amides is 3. The number of fused-ring (bicyclic) bond motifs is 1. The fraction of sp³-hybridized carbons (Fsp3) is 0.357. The molecule has 106 valence electrons. The van der Waals surface area contributed by atoms with Crippen LogP contribution in [0.15, 0.2) is 18.2 Å². The van der Waals surface area contributed by atoms with Crippen LogP contribution in [0.25, 0.3) is 0 Å². The Morgan fingerprint density at radius 2 is 1.90 bits per heavy atom. The molecular formula is C14H17N3O3. The molecule has 0 bridgehead atoms. The van der Waals surface area contributed by atoms with Gasteiger partial charge < -0.3 is 11.5 Å². The van der Waals surface area contributed by atoms with Gasteiger partial charge in [0.05, 0.1) is 17.0 Å². The van der Waals surface area contributed by atoms with Crippen LogP contribution >= 0.6 is 0 Å². The molecule has 1 aliphatic rings. The Morgan fingerprint density at radius 3 is 2.40 bits per heavy atom. The van der Waals surface area contributed by atoms with Crippen LogP contribution in [0.2, 0.25) is 0 Å².